The predicted octanol–water partition coefficient (Wildman–Crippen LogP) is 2.09. The lowest BCUT2D eigenvalue weighted by Gasteiger charge is -2.47. The molecule has 134 valence electrons. The van der Waals surface area contributed by atoms with Crippen molar-refractivity contribution in [1.82, 2.24) is 15.0 Å². The molecule has 2 aliphatic rings. The Morgan fingerprint density at radius 2 is 2.29 bits per heavy atom. The van der Waals surface area contributed by atoms with Gasteiger partial charge in [0.2, 0.25) is 5.91 Å². The van der Waals surface area contributed by atoms with Gasteiger partial charge in [0.1, 0.15) is 0 Å². The number of hydrogen-bond acceptors (Lipinski definition) is 5. The van der Waals surface area contributed by atoms with Gasteiger partial charge in [0, 0.05) is 51.9 Å². The fraction of sp³-hybridized carbons (Fsp3) is 0.778. The van der Waals surface area contributed by atoms with Gasteiger partial charge in [-0.2, -0.15) is 0 Å². The zero-order valence-electron chi connectivity index (χ0n) is 14.9. The molecular formula is C18H29N3O3. The number of ether oxygens (including phenoxy) is 1. The Balaban J connectivity index is 1.56. The molecule has 0 radical (unpaired) electrons. The lowest BCUT2D eigenvalue weighted by atomic mass is 9.83. The van der Waals surface area contributed by atoms with Crippen LogP contribution in [0.2, 0.25) is 0 Å². The number of rotatable bonds is 7. The molecule has 1 aromatic heterocycles. The van der Waals surface area contributed by atoms with Crippen LogP contribution in [0.25, 0.3) is 0 Å². The molecule has 24 heavy (non-hydrogen) atoms. The summed E-state index contributed by atoms with van der Waals surface area (Å²) in [6.07, 6.45) is 4.58. The molecule has 0 saturated carbocycles. The van der Waals surface area contributed by atoms with Gasteiger partial charge in [0.15, 0.2) is 5.76 Å². The van der Waals surface area contributed by atoms with Crippen LogP contribution in [-0.4, -0.2) is 60.3 Å². The van der Waals surface area contributed by atoms with E-state index in [-0.39, 0.29) is 0 Å². The van der Waals surface area contributed by atoms with Crippen LogP contribution in [-0.2, 0) is 22.5 Å². The van der Waals surface area contributed by atoms with Gasteiger partial charge < -0.3 is 14.2 Å². The molecule has 0 bridgehead atoms. The topological polar surface area (TPSA) is 58.8 Å². The third-order valence-corrected chi connectivity index (χ3v) is 5.32. The van der Waals surface area contributed by atoms with E-state index < -0.39 is 0 Å². The fourth-order valence-electron chi connectivity index (χ4n) is 4.06. The average molecular weight is 335 g/mol. The molecule has 6 heteroatoms. The predicted molar refractivity (Wildman–Crippen MR) is 90.5 cm³/mol. The molecule has 0 unspecified atom stereocenters. The van der Waals surface area contributed by atoms with Gasteiger partial charge in [-0.05, 0) is 31.6 Å². The van der Waals surface area contributed by atoms with E-state index in [2.05, 4.69) is 27.9 Å². The highest BCUT2D eigenvalue weighted by molar-refractivity contribution is 5.77. The van der Waals surface area contributed by atoms with Crippen molar-refractivity contribution < 1.29 is 14.1 Å². The number of fused-ring (bicyclic) bond motifs is 1. The molecule has 2 saturated heterocycles. The van der Waals surface area contributed by atoms with Crippen LogP contribution in [0.5, 0.6) is 0 Å². The van der Waals surface area contributed by atoms with Crippen molar-refractivity contribution in [3.63, 3.8) is 0 Å². The number of carbonyl (C=O) groups is 1. The van der Waals surface area contributed by atoms with E-state index in [4.69, 9.17) is 9.26 Å². The molecule has 3 heterocycles. The minimum atomic E-state index is 0.323. The Morgan fingerprint density at radius 1 is 1.42 bits per heavy atom. The van der Waals surface area contributed by atoms with Gasteiger partial charge in [0.05, 0.1) is 12.2 Å². The van der Waals surface area contributed by atoms with E-state index in [9.17, 15) is 4.79 Å². The first-order valence-electron chi connectivity index (χ1n) is 9.16. The average Bonchev–Trinajstić information content (AvgIpc) is 3.04. The first kappa shape index (κ1) is 17.4. The molecule has 3 rings (SSSR count). The number of likely N-dealkylation sites (tertiary alicyclic amines) is 2. The fourth-order valence-corrected chi connectivity index (χ4v) is 4.06. The maximum atomic E-state index is 12.3. The quantitative estimate of drug-likeness (QED) is 0.714. The normalized spacial score (nSPS) is 25.1. The second-order valence-electron chi connectivity index (χ2n) is 6.96. The number of nitrogens with zero attached hydrogens (tertiary/aromatic N) is 3. The minimum Gasteiger partial charge on any atom is -0.385 e. The van der Waals surface area contributed by atoms with E-state index in [0.29, 0.717) is 24.3 Å². The summed E-state index contributed by atoms with van der Waals surface area (Å²) >= 11 is 0. The highest BCUT2D eigenvalue weighted by Crippen LogP contribution is 2.32. The zero-order chi connectivity index (χ0) is 16.9. The Labute approximate surface area is 144 Å². The van der Waals surface area contributed by atoms with Crippen molar-refractivity contribution in [1.29, 1.82) is 0 Å². The van der Waals surface area contributed by atoms with Gasteiger partial charge in [-0.1, -0.05) is 12.1 Å². The van der Waals surface area contributed by atoms with E-state index in [1.54, 1.807) is 7.11 Å². The number of aromatic nitrogens is 1. The molecule has 0 spiro atoms. The summed E-state index contributed by atoms with van der Waals surface area (Å²) < 4.78 is 10.6. The molecule has 1 aromatic rings. The van der Waals surface area contributed by atoms with Crippen molar-refractivity contribution >= 4 is 5.91 Å². The molecule has 6 nitrogen and oxygen atoms in total. The lowest BCUT2D eigenvalue weighted by Crippen LogP contribution is -2.56. The first-order valence-corrected chi connectivity index (χ1v) is 9.16. The summed E-state index contributed by atoms with van der Waals surface area (Å²) in [6, 6.07) is 2.47. The van der Waals surface area contributed by atoms with E-state index in [1.807, 2.05) is 0 Å². The van der Waals surface area contributed by atoms with Crippen molar-refractivity contribution in [3.8, 4) is 0 Å². The summed E-state index contributed by atoms with van der Waals surface area (Å²) in [7, 11) is 1.72. The Hall–Kier alpha value is -1.40. The third kappa shape index (κ3) is 3.98. The SMILES string of the molecule is CCc1cc(CN2CC[C@@H]3[C@@H](CCC(=O)N3CCCOC)C2)on1. The smallest absolute Gasteiger partial charge is 0.222 e. The van der Waals surface area contributed by atoms with Crippen LogP contribution in [0.3, 0.4) is 0 Å². The Kier molecular flexibility index (Phi) is 5.89. The Bertz CT molecular complexity index is 545. The second-order valence-corrected chi connectivity index (χ2v) is 6.96. The van der Waals surface area contributed by atoms with Crippen LogP contribution in [0.15, 0.2) is 10.6 Å². The molecule has 2 atom stereocenters. The number of methoxy groups -OCH3 is 1. The second kappa shape index (κ2) is 8.12. The lowest BCUT2D eigenvalue weighted by molar-refractivity contribution is -0.141. The minimum absolute atomic E-state index is 0.323. The molecule has 0 aliphatic carbocycles. The third-order valence-electron chi connectivity index (χ3n) is 5.32. The highest BCUT2D eigenvalue weighted by atomic mass is 16.5. The van der Waals surface area contributed by atoms with Gasteiger partial charge in [-0.25, -0.2) is 0 Å². The number of aryl methyl sites for hydroxylation is 1. The summed E-state index contributed by atoms with van der Waals surface area (Å²) in [5, 5.41) is 4.08. The summed E-state index contributed by atoms with van der Waals surface area (Å²) in [4.78, 5) is 16.9. The van der Waals surface area contributed by atoms with Crippen LogP contribution < -0.4 is 0 Å². The van der Waals surface area contributed by atoms with Gasteiger partial charge in [-0.3, -0.25) is 9.69 Å². The molecular weight excluding hydrogens is 306 g/mol. The first-order chi connectivity index (χ1) is 11.7. The number of amides is 1. The largest absolute Gasteiger partial charge is 0.385 e. The number of piperidine rings is 2. The van der Waals surface area contributed by atoms with Crippen LogP contribution in [0.1, 0.15) is 44.1 Å². The van der Waals surface area contributed by atoms with Crippen LogP contribution in [0.4, 0.5) is 0 Å². The van der Waals surface area contributed by atoms with Crippen molar-refractivity contribution in [2.75, 3.05) is 33.4 Å². The molecule has 2 fully saturated rings. The molecule has 2 aliphatic heterocycles. The van der Waals surface area contributed by atoms with Crippen molar-refractivity contribution in [2.45, 2.75) is 51.6 Å². The maximum absolute atomic E-state index is 12.3. The number of carbonyl (C=O) groups excluding carboxylic acids is 1. The maximum Gasteiger partial charge on any atom is 0.222 e. The van der Waals surface area contributed by atoms with Crippen molar-refractivity contribution in [3.05, 3.63) is 17.5 Å². The summed E-state index contributed by atoms with van der Waals surface area (Å²) in [5.41, 5.74) is 1.02. The molecule has 1 amide bonds. The van der Waals surface area contributed by atoms with E-state index >= 15 is 0 Å². The Morgan fingerprint density at radius 3 is 3.04 bits per heavy atom. The molecule has 0 aromatic carbocycles. The molecule has 0 N–H and O–H groups in total. The zero-order valence-corrected chi connectivity index (χ0v) is 14.9. The number of hydrogen-bond donors (Lipinski definition) is 0. The summed E-state index contributed by atoms with van der Waals surface area (Å²) in [6.45, 7) is 6.52. The monoisotopic (exact) mass is 335 g/mol. The van der Waals surface area contributed by atoms with Gasteiger partial charge >= 0.3 is 0 Å². The van der Waals surface area contributed by atoms with Gasteiger partial charge in [-0.15, -0.1) is 0 Å². The highest BCUT2D eigenvalue weighted by Gasteiger charge is 2.39. The van der Waals surface area contributed by atoms with E-state index in [0.717, 1.165) is 69.9 Å². The standard InChI is InChI=1S/C18H29N3O3/c1-3-15-11-16(24-19-15)13-20-9-7-17-14(12-20)5-6-18(22)21(17)8-4-10-23-2/h11,14,17H,3-10,12-13H2,1-2H3/t14-,17+/m0/s1. The van der Waals surface area contributed by atoms with Crippen molar-refractivity contribution in [2.24, 2.45) is 5.92 Å². The van der Waals surface area contributed by atoms with Crippen LogP contribution >= 0.6 is 0 Å². The summed E-state index contributed by atoms with van der Waals surface area (Å²) in [5.74, 6) is 1.85. The van der Waals surface area contributed by atoms with Crippen LogP contribution in [0, 0.1) is 5.92 Å². The van der Waals surface area contributed by atoms with Gasteiger partial charge in [0.25, 0.3) is 0 Å². The van der Waals surface area contributed by atoms with E-state index in [1.165, 1.54) is 0 Å².